The second-order valence-corrected chi connectivity index (χ2v) is 14.7. The Hall–Kier alpha value is -7.10. The largest absolute Gasteiger partial charge is 0.457 e. The molecule has 0 saturated heterocycles. The van der Waals surface area contributed by atoms with Crippen LogP contribution in [0.15, 0.2) is 200 Å². The summed E-state index contributed by atoms with van der Waals surface area (Å²) in [5, 5.41) is 0. The van der Waals surface area contributed by atoms with Gasteiger partial charge in [0.15, 0.2) is 5.82 Å². The highest BCUT2D eigenvalue weighted by Crippen LogP contribution is 2.63. The number of rotatable bonds is 5. The van der Waals surface area contributed by atoms with Gasteiger partial charge in [-0.2, -0.15) is 0 Å². The fraction of sp³-hybridized carbons (Fsp3) is 0.0566. The summed E-state index contributed by atoms with van der Waals surface area (Å²) in [6.45, 7) is 0. The van der Waals surface area contributed by atoms with E-state index in [-0.39, 0.29) is 0 Å². The lowest BCUT2D eigenvalue weighted by molar-refractivity contribution is 0.435. The number of fused-ring (bicyclic) bond motifs is 8. The van der Waals surface area contributed by atoms with Crippen molar-refractivity contribution < 1.29 is 4.74 Å². The van der Waals surface area contributed by atoms with Gasteiger partial charge in [-0.25, -0.2) is 9.97 Å². The fourth-order valence-corrected chi connectivity index (χ4v) is 9.28. The summed E-state index contributed by atoms with van der Waals surface area (Å²) in [7, 11) is 0. The van der Waals surface area contributed by atoms with Crippen LogP contribution in [0.2, 0.25) is 0 Å². The van der Waals surface area contributed by atoms with Gasteiger partial charge in [-0.1, -0.05) is 170 Å². The van der Waals surface area contributed by atoms with Crippen molar-refractivity contribution >= 4 is 5.57 Å². The van der Waals surface area contributed by atoms with Gasteiger partial charge >= 0.3 is 0 Å². The molecule has 1 aliphatic heterocycles. The molecule has 1 spiro atoms. The van der Waals surface area contributed by atoms with Crippen molar-refractivity contribution in [3.8, 4) is 67.7 Å². The number of allylic oxidation sites excluding steroid dienone is 4. The Bertz CT molecular complexity index is 2890. The van der Waals surface area contributed by atoms with Crippen molar-refractivity contribution in [2.24, 2.45) is 0 Å². The van der Waals surface area contributed by atoms with Crippen LogP contribution in [0.25, 0.3) is 61.7 Å². The van der Waals surface area contributed by atoms with Crippen molar-refractivity contribution in [3.05, 3.63) is 222 Å². The number of aromatic nitrogens is 2. The molecule has 7 aromatic carbocycles. The lowest BCUT2D eigenvalue weighted by Crippen LogP contribution is -2.33. The molecule has 0 saturated carbocycles. The molecule has 1 atom stereocenters. The molecule has 56 heavy (non-hydrogen) atoms. The number of para-hydroxylation sites is 1. The maximum Gasteiger partial charge on any atom is 0.160 e. The van der Waals surface area contributed by atoms with Crippen LogP contribution in [-0.4, -0.2) is 9.97 Å². The van der Waals surface area contributed by atoms with E-state index in [1.54, 1.807) is 0 Å². The molecule has 3 nitrogen and oxygen atoms in total. The average Bonchev–Trinajstić information content (AvgIpc) is 3.57. The van der Waals surface area contributed by atoms with E-state index in [2.05, 4.69) is 176 Å². The van der Waals surface area contributed by atoms with Gasteiger partial charge in [0.25, 0.3) is 0 Å². The Kier molecular flexibility index (Phi) is 7.53. The highest BCUT2D eigenvalue weighted by molar-refractivity contribution is 5.92. The molecule has 0 bridgehead atoms. The van der Waals surface area contributed by atoms with Crippen molar-refractivity contribution in [2.45, 2.75) is 18.3 Å². The van der Waals surface area contributed by atoms with Crippen LogP contribution in [-0.2, 0) is 5.41 Å². The average molecular weight is 717 g/mol. The van der Waals surface area contributed by atoms with E-state index in [9.17, 15) is 0 Å². The maximum atomic E-state index is 6.77. The summed E-state index contributed by atoms with van der Waals surface area (Å²) in [5.41, 5.74) is 16.6. The first-order valence-corrected chi connectivity index (χ1v) is 19.4. The Morgan fingerprint density at radius 2 is 0.982 bits per heavy atom. The van der Waals surface area contributed by atoms with E-state index in [1.807, 2.05) is 18.2 Å². The number of nitrogens with zero attached hydrogens (tertiary/aromatic N) is 2. The van der Waals surface area contributed by atoms with Crippen LogP contribution < -0.4 is 4.74 Å². The molecule has 3 aliphatic rings. The van der Waals surface area contributed by atoms with Gasteiger partial charge in [0, 0.05) is 27.8 Å². The lowest BCUT2D eigenvalue weighted by atomic mass is 9.64. The monoisotopic (exact) mass is 716 g/mol. The fourth-order valence-electron chi connectivity index (χ4n) is 9.28. The third-order valence-corrected chi connectivity index (χ3v) is 11.7. The summed E-state index contributed by atoms with van der Waals surface area (Å²) < 4.78 is 6.77. The normalized spacial score (nSPS) is 16.1. The van der Waals surface area contributed by atoms with Crippen molar-refractivity contribution in [1.29, 1.82) is 0 Å². The van der Waals surface area contributed by atoms with E-state index >= 15 is 0 Å². The minimum absolute atomic E-state index is 0.498. The third-order valence-electron chi connectivity index (χ3n) is 11.7. The zero-order valence-electron chi connectivity index (χ0n) is 30.7. The SMILES string of the molecule is C1=CC2=C(CC1)c1ccccc1C21c2ccccc2Oc2ccc(-c3ccccc3-c3cc(-c4ccccc4-c4ccccc4)nc(-c4ccccc4)n3)cc21. The van der Waals surface area contributed by atoms with Gasteiger partial charge in [-0.15, -0.1) is 0 Å². The Balaban J connectivity index is 1.13. The molecule has 2 aliphatic carbocycles. The first kappa shape index (κ1) is 32.3. The summed E-state index contributed by atoms with van der Waals surface area (Å²) in [6.07, 6.45) is 6.80. The Morgan fingerprint density at radius 3 is 1.70 bits per heavy atom. The van der Waals surface area contributed by atoms with E-state index in [0.717, 1.165) is 80.2 Å². The highest BCUT2D eigenvalue weighted by atomic mass is 16.5. The molecule has 0 radical (unpaired) electrons. The van der Waals surface area contributed by atoms with Gasteiger partial charge in [-0.3, -0.25) is 0 Å². The quantitative estimate of drug-likeness (QED) is 0.178. The zero-order valence-corrected chi connectivity index (χ0v) is 30.7. The zero-order chi connectivity index (χ0) is 37.1. The first-order valence-electron chi connectivity index (χ1n) is 19.4. The van der Waals surface area contributed by atoms with Gasteiger partial charge in [0.1, 0.15) is 11.5 Å². The molecule has 1 aromatic heterocycles. The van der Waals surface area contributed by atoms with Crippen molar-refractivity contribution in [2.75, 3.05) is 0 Å². The minimum Gasteiger partial charge on any atom is -0.457 e. The summed E-state index contributed by atoms with van der Waals surface area (Å²) >= 11 is 0. The molecular formula is C53H36N2O. The molecule has 1 unspecified atom stereocenters. The molecule has 0 N–H and O–H groups in total. The number of hydrogen-bond donors (Lipinski definition) is 0. The topological polar surface area (TPSA) is 35.0 Å². The highest BCUT2D eigenvalue weighted by Gasteiger charge is 2.51. The predicted octanol–water partition coefficient (Wildman–Crippen LogP) is 13.4. The van der Waals surface area contributed by atoms with Crippen LogP contribution >= 0.6 is 0 Å². The van der Waals surface area contributed by atoms with E-state index in [1.165, 1.54) is 27.8 Å². The van der Waals surface area contributed by atoms with Gasteiger partial charge < -0.3 is 4.74 Å². The second kappa shape index (κ2) is 13.0. The minimum atomic E-state index is -0.498. The van der Waals surface area contributed by atoms with Crippen molar-refractivity contribution in [1.82, 2.24) is 9.97 Å². The molecule has 8 aromatic rings. The van der Waals surface area contributed by atoms with E-state index in [0.29, 0.717) is 5.82 Å². The van der Waals surface area contributed by atoms with Crippen LogP contribution in [0.3, 0.4) is 0 Å². The van der Waals surface area contributed by atoms with Crippen LogP contribution in [0.4, 0.5) is 0 Å². The van der Waals surface area contributed by atoms with E-state index < -0.39 is 5.41 Å². The smallest absolute Gasteiger partial charge is 0.160 e. The molecule has 0 amide bonds. The van der Waals surface area contributed by atoms with Crippen molar-refractivity contribution in [3.63, 3.8) is 0 Å². The van der Waals surface area contributed by atoms with Gasteiger partial charge in [-0.05, 0) is 81.6 Å². The predicted molar refractivity (Wildman–Crippen MR) is 227 cm³/mol. The molecule has 3 heteroatoms. The van der Waals surface area contributed by atoms with Gasteiger partial charge in [0.2, 0.25) is 0 Å². The summed E-state index contributed by atoms with van der Waals surface area (Å²) in [6, 6.07) is 64.5. The molecule has 2 heterocycles. The van der Waals surface area contributed by atoms with Gasteiger partial charge in [0.05, 0.1) is 16.8 Å². The number of benzene rings is 7. The Labute approximate surface area is 327 Å². The molecule has 0 fully saturated rings. The Morgan fingerprint density at radius 1 is 0.429 bits per heavy atom. The summed E-state index contributed by atoms with van der Waals surface area (Å²) in [4.78, 5) is 10.5. The maximum absolute atomic E-state index is 6.77. The number of hydrogen-bond acceptors (Lipinski definition) is 3. The summed E-state index contributed by atoms with van der Waals surface area (Å²) in [5.74, 6) is 2.49. The van der Waals surface area contributed by atoms with Crippen LogP contribution in [0, 0.1) is 0 Å². The lowest BCUT2D eigenvalue weighted by Gasteiger charge is -2.40. The number of ether oxygens (including phenoxy) is 1. The van der Waals surface area contributed by atoms with Crippen LogP contribution in [0.5, 0.6) is 11.5 Å². The molecule has 11 rings (SSSR count). The standard InChI is InChI=1S/C53H36N2O/c1-3-17-35(18-4-1)38-21-7-9-25-42(38)48-34-49(55-52(54-48)36-19-5-2-6-20-36)43-26-10-8-22-39(43)37-31-32-51-47(33-37)53(46-29-15-16-30-50(46)56-51)44-27-13-11-23-40(44)41-24-12-14-28-45(41)53/h1-11,13-23,25-34H,12,24H2. The first-order chi connectivity index (χ1) is 27.8. The molecule has 264 valence electrons. The second-order valence-electron chi connectivity index (χ2n) is 14.7. The third kappa shape index (κ3) is 4.98. The van der Waals surface area contributed by atoms with E-state index in [4.69, 9.17) is 14.7 Å². The molecular weight excluding hydrogens is 681 g/mol. The van der Waals surface area contributed by atoms with Crippen LogP contribution in [0.1, 0.15) is 35.1 Å².